The van der Waals surface area contributed by atoms with E-state index in [0.29, 0.717) is 6.42 Å². The molecule has 0 saturated heterocycles. The number of rotatable bonds is 46. The fourth-order valence-electron chi connectivity index (χ4n) is 7.19. The maximum absolute atomic E-state index is 12.4. The monoisotopic (exact) mass is 870 g/mol. The highest BCUT2D eigenvalue weighted by molar-refractivity contribution is 5.76. The van der Waals surface area contributed by atoms with Crippen molar-refractivity contribution in [2.75, 3.05) is 6.61 Å². The van der Waals surface area contributed by atoms with E-state index in [1.807, 2.05) is 6.08 Å². The van der Waals surface area contributed by atoms with Gasteiger partial charge in [-0.3, -0.25) is 4.79 Å². The van der Waals surface area contributed by atoms with Crippen molar-refractivity contribution >= 4 is 5.91 Å². The lowest BCUT2D eigenvalue weighted by molar-refractivity contribution is -0.123. The average Bonchev–Trinajstić information content (AvgIpc) is 3.29. The maximum Gasteiger partial charge on any atom is 0.220 e. The van der Waals surface area contributed by atoms with Gasteiger partial charge in [0.15, 0.2) is 0 Å². The Morgan fingerprint density at radius 1 is 0.397 bits per heavy atom. The number of amides is 1. The summed E-state index contributed by atoms with van der Waals surface area (Å²) in [4.78, 5) is 12.4. The Morgan fingerprint density at radius 3 is 1.11 bits per heavy atom. The fraction of sp³-hybridized carbons (Fsp3) is 0.644. The van der Waals surface area contributed by atoms with E-state index in [9.17, 15) is 15.0 Å². The Hall–Kier alpha value is -3.21. The summed E-state index contributed by atoms with van der Waals surface area (Å²) in [7, 11) is 0. The van der Waals surface area contributed by atoms with Crippen LogP contribution < -0.4 is 5.32 Å². The molecule has 4 nitrogen and oxygen atoms in total. The molecule has 1 amide bonds. The number of carbonyl (C=O) groups is 1. The Morgan fingerprint density at radius 2 is 0.714 bits per heavy atom. The highest BCUT2D eigenvalue weighted by Crippen LogP contribution is 2.14. The second-order valence-corrected chi connectivity index (χ2v) is 17.2. The lowest BCUT2D eigenvalue weighted by Crippen LogP contribution is -2.45. The predicted octanol–water partition coefficient (Wildman–Crippen LogP) is 17.3. The van der Waals surface area contributed by atoms with Gasteiger partial charge in [-0.25, -0.2) is 0 Å². The number of carbonyl (C=O) groups excluding carboxylic acids is 1. The van der Waals surface area contributed by atoms with Gasteiger partial charge >= 0.3 is 0 Å². The molecule has 2 atom stereocenters. The van der Waals surface area contributed by atoms with Gasteiger partial charge in [0.1, 0.15) is 0 Å². The van der Waals surface area contributed by atoms with Crippen LogP contribution in [0, 0.1) is 0 Å². The topological polar surface area (TPSA) is 69.6 Å². The van der Waals surface area contributed by atoms with Gasteiger partial charge < -0.3 is 15.5 Å². The smallest absolute Gasteiger partial charge is 0.220 e. The Bertz CT molecular complexity index is 1260. The minimum Gasteiger partial charge on any atom is -0.394 e. The van der Waals surface area contributed by atoms with E-state index < -0.39 is 12.1 Å². The van der Waals surface area contributed by atoms with E-state index in [4.69, 9.17) is 0 Å². The molecule has 0 rings (SSSR count). The van der Waals surface area contributed by atoms with E-state index >= 15 is 0 Å². The Balaban J connectivity index is 3.72. The minimum absolute atomic E-state index is 0.114. The van der Waals surface area contributed by atoms with Gasteiger partial charge in [-0.05, 0) is 103 Å². The van der Waals surface area contributed by atoms with E-state index in [1.54, 1.807) is 6.08 Å². The Labute approximate surface area is 390 Å². The van der Waals surface area contributed by atoms with Gasteiger partial charge in [0.25, 0.3) is 0 Å². The summed E-state index contributed by atoms with van der Waals surface area (Å²) >= 11 is 0. The zero-order chi connectivity index (χ0) is 45.6. The number of allylic oxidation sites excluding steroid dienone is 19. The van der Waals surface area contributed by atoms with Crippen molar-refractivity contribution in [3.8, 4) is 0 Å². The third-order valence-corrected chi connectivity index (χ3v) is 11.2. The molecule has 0 bridgehead atoms. The normalized spacial score (nSPS) is 13.9. The SMILES string of the molecule is CC/C=C\C/C=C\C/C=C\C/C=C\C/C=C\C/C=C\C/C=C\CCCCCC(=O)NC(CO)C(O)/C=C/CC/C=C/CC/C=C/CCCCCCCCCCCCCCCCCC. The Kier molecular flexibility index (Phi) is 50.4. The van der Waals surface area contributed by atoms with Gasteiger partial charge in [0.2, 0.25) is 5.91 Å². The molecule has 0 heterocycles. The molecule has 4 heteroatoms. The van der Waals surface area contributed by atoms with Crippen molar-refractivity contribution in [2.45, 2.75) is 238 Å². The molecule has 0 aliphatic rings. The van der Waals surface area contributed by atoms with Gasteiger partial charge in [-0.15, -0.1) is 0 Å². The molecule has 0 fully saturated rings. The van der Waals surface area contributed by atoms with Gasteiger partial charge in [-0.2, -0.15) is 0 Å². The van der Waals surface area contributed by atoms with Crippen LogP contribution in [0.15, 0.2) is 122 Å². The quantitative estimate of drug-likeness (QED) is 0.0422. The molecular weight excluding hydrogens is 771 g/mol. The van der Waals surface area contributed by atoms with Crippen LogP contribution in [0.3, 0.4) is 0 Å². The summed E-state index contributed by atoms with van der Waals surface area (Å²) in [6, 6.07) is -0.674. The average molecular weight is 870 g/mol. The number of unbranched alkanes of at least 4 members (excludes halogenated alkanes) is 21. The van der Waals surface area contributed by atoms with Gasteiger partial charge in [0, 0.05) is 6.42 Å². The van der Waals surface area contributed by atoms with Crippen molar-refractivity contribution in [3.63, 3.8) is 0 Å². The third kappa shape index (κ3) is 49.7. The van der Waals surface area contributed by atoms with Crippen LogP contribution in [-0.2, 0) is 4.79 Å². The zero-order valence-electron chi connectivity index (χ0n) is 41.0. The number of hydrogen-bond acceptors (Lipinski definition) is 3. The summed E-state index contributed by atoms with van der Waals surface area (Å²) in [6.07, 6.45) is 82.0. The van der Waals surface area contributed by atoms with Crippen LogP contribution in [0.4, 0.5) is 0 Å². The van der Waals surface area contributed by atoms with Crippen LogP contribution in [0.5, 0.6) is 0 Å². The first kappa shape index (κ1) is 59.8. The maximum atomic E-state index is 12.4. The van der Waals surface area contributed by atoms with Crippen LogP contribution in [0.2, 0.25) is 0 Å². The van der Waals surface area contributed by atoms with E-state index in [-0.39, 0.29) is 12.5 Å². The van der Waals surface area contributed by atoms with E-state index in [1.165, 1.54) is 109 Å². The first-order chi connectivity index (χ1) is 31.2. The van der Waals surface area contributed by atoms with Gasteiger partial charge in [-0.1, -0.05) is 238 Å². The number of aliphatic hydroxyl groups is 2. The van der Waals surface area contributed by atoms with Crippen LogP contribution >= 0.6 is 0 Å². The molecule has 0 spiro atoms. The molecule has 3 N–H and O–H groups in total. The second kappa shape index (κ2) is 53.1. The van der Waals surface area contributed by atoms with Crippen molar-refractivity contribution in [1.29, 1.82) is 0 Å². The minimum atomic E-state index is -0.895. The molecule has 0 aliphatic carbocycles. The van der Waals surface area contributed by atoms with E-state index in [0.717, 1.165) is 96.3 Å². The highest BCUT2D eigenvalue weighted by Gasteiger charge is 2.17. The predicted molar refractivity (Wildman–Crippen MR) is 280 cm³/mol. The molecule has 63 heavy (non-hydrogen) atoms. The molecule has 2 unspecified atom stereocenters. The molecule has 0 saturated carbocycles. The molecule has 0 aromatic carbocycles. The third-order valence-electron chi connectivity index (χ3n) is 11.2. The first-order valence-electron chi connectivity index (χ1n) is 26.2. The molecule has 0 radical (unpaired) electrons. The summed E-state index contributed by atoms with van der Waals surface area (Å²) in [5.74, 6) is -0.114. The van der Waals surface area contributed by atoms with Crippen LogP contribution in [0.25, 0.3) is 0 Å². The summed E-state index contributed by atoms with van der Waals surface area (Å²) in [5.41, 5.74) is 0. The first-order valence-corrected chi connectivity index (χ1v) is 26.2. The van der Waals surface area contributed by atoms with Gasteiger partial charge in [0.05, 0.1) is 18.8 Å². The summed E-state index contributed by atoms with van der Waals surface area (Å²) in [5, 5.41) is 23.1. The molecular formula is C59H99NO3. The zero-order valence-corrected chi connectivity index (χ0v) is 41.0. The van der Waals surface area contributed by atoms with E-state index in [2.05, 4.69) is 129 Å². The number of hydrogen-bond donors (Lipinski definition) is 3. The van der Waals surface area contributed by atoms with Crippen molar-refractivity contribution in [2.24, 2.45) is 0 Å². The summed E-state index contributed by atoms with van der Waals surface area (Å²) < 4.78 is 0. The molecule has 0 aromatic heterocycles. The van der Waals surface area contributed by atoms with Crippen LogP contribution in [0.1, 0.15) is 226 Å². The molecule has 0 aromatic rings. The number of aliphatic hydroxyl groups excluding tert-OH is 2. The lowest BCUT2D eigenvalue weighted by atomic mass is 10.0. The number of nitrogens with one attached hydrogen (secondary N) is 1. The largest absolute Gasteiger partial charge is 0.394 e. The summed E-state index contributed by atoms with van der Waals surface area (Å²) in [6.45, 7) is 4.17. The van der Waals surface area contributed by atoms with Crippen molar-refractivity contribution in [1.82, 2.24) is 5.32 Å². The second-order valence-electron chi connectivity index (χ2n) is 17.2. The highest BCUT2D eigenvalue weighted by atomic mass is 16.3. The van der Waals surface area contributed by atoms with Crippen molar-refractivity contribution < 1.29 is 15.0 Å². The van der Waals surface area contributed by atoms with Crippen molar-refractivity contribution in [3.05, 3.63) is 122 Å². The molecule has 358 valence electrons. The fourth-order valence-corrected chi connectivity index (χ4v) is 7.19. The standard InChI is InChI=1S/C59H99NO3/c1-3-5-7-9-11-13-15-17-19-21-23-25-27-29-31-32-34-36-38-40-42-44-46-48-50-52-54-58(62)57(56-61)60-59(63)55-53-51-49-47-45-43-41-39-37-35-33-30-28-26-24-22-20-18-16-14-12-10-8-6-4-2/h6,8,12,14,18,20,24,26,30,33,36-39,43-46,52,54,57-58,61-62H,3-5,7,9-11,13,15-17,19,21-23,25,27-29,31-32,34-35,40-42,47-51,53,55-56H2,1-2H3,(H,60,63)/b8-6-,14-12-,20-18-,26-24-,33-30-,38-36+,39-37-,45-43-,46-44+,54-52+. The molecule has 0 aliphatic heterocycles. The lowest BCUT2D eigenvalue weighted by Gasteiger charge is -2.19. The van der Waals surface area contributed by atoms with Crippen LogP contribution in [-0.4, -0.2) is 34.9 Å².